The predicted molar refractivity (Wildman–Crippen MR) is 142 cm³/mol. The number of carbonyl (C=O) groups excluding carboxylic acids is 2. The molecule has 9 heteroatoms. The number of methoxy groups -OCH3 is 2. The normalized spacial score (nSPS) is 15.0. The highest BCUT2D eigenvalue weighted by Crippen LogP contribution is 2.36. The minimum Gasteiger partial charge on any atom is -0.497 e. The molecule has 1 heterocycles. The van der Waals surface area contributed by atoms with Crippen molar-refractivity contribution in [1.82, 2.24) is 5.32 Å². The molecule has 184 valence electrons. The van der Waals surface area contributed by atoms with Crippen molar-refractivity contribution in [3.63, 3.8) is 0 Å². The van der Waals surface area contributed by atoms with Crippen molar-refractivity contribution >= 4 is 46.2 Å². The Morgan fingerprint density at radius 3 is 2.47 bits per heavy atom. The number of nitrogens with one attached hydrogen (secondary N) is 2. The molecule has 0 aromatic heterocycles. The summed E-state index contributed by atoms with van der Waals surface area (Å²) in [6.07, 6.45) is 1.69. The summed E-state index contributed by atoms with van der Waals surface area (Å²) in [5.74, 6) is 0.938. The van der Waals surface area contributed by atoms with Gasteiger partial charge in [0.25, 0.3) is 11.8 Å². The van der Waals surface area contributed by atoms with Crippen LogP contribution in [-0.2, 0) is 9.59 Å². The molecule has 0 aliphatic carbocycles. The van der Waals surface area contributed by atoms with Crippen LogP contribution in [0.4, 0.5) is 11.4 Å². The predicted octanol–water partition coefficient (Wildman–Crippen LogP) is 4.92. The van der Waals surface area contributed by atoms with E-state index in [-0.39, 0.29) is 18.4 Å². The zero-order valence-electron chi connectivity index (χ0n) is 20.0. The van der Waals surface area contributed by atoms with Crippen LogP contribution < -0.4 is 24.8 Å². The van der Waals surface area contributed by atoms with Crippen molar-refractivity contribution in [2.45, 2.75) is 6.92 Å². The quantitative estimate of drug-likeness (QED) is 0.424. The van der Waals surface area contributed by atoms with Gasteiger partial charge in [0, 0.05) is 11.3 Å². The number of aliphatic imine (C=N–C) groups is 1. The first kappa shape index (κ1) is 24.9. The molecule has 2 amide bonds. The van der Waals surface area contributed by atoms with Crippen LogP contribution in [0, 0.1) is 6.92 Å². The molecule has 0 radical (unpaired) electrons. The summed E-state index contributed by atoms with van der Waals surface area (Å²) >= 11 is 1.21. The molecule has 3 aromatic carbocycles. The van der Waals surface area contributed by atoms with Crippen LogP contribution in [0.1, 0.15) is 11.1 Å². The molecule has 0 saturated carbocycles. The Kier molecular flexibility index (Phi) is 7.92. The van der Waals surface area contributed by atoms with Crippen molar-refractivity contribution in [2.24, 2.45) is 4.99 Å². The summed E-state index contributed by atoms with van der Waals surface area (Å²) in [6.45, 7) is 1.75. The fourth-order valence-corrected chi connectivity index (χ4v) is 4.16. The van der Waals surface area contributed by atoms with Gasteiger partial charge in [0.15, 0.2) is 23.3 Å². The summed E-state index contributed by atoms with van der Waals surface area (Å²) in [7, 11) is 3.11. The highest BCUT2D eigenvalue weighted by Gasteiger charge is 2.25. The fraction of sp³-hybridized carbons (Fsp3) is 0.148. The van der Waals surface area contributed by atoms with Crippen molar-refractivity contribution in [3.8, 4) is 17.2 Å². The summed E-state index contributed by atoms with van der Waals surface area (Å²) < 4.78 is 16.4. The van der Waals surface area contributed by atoms with Gasteiger partial charge in [-0.3, -0.25) is 9.59 Å². The Morgan fingerprint density at radius 2 is 1.78 bits per heavy atom. The molecule has 3 aromatic rings. The third-order valence-electron chi connectivity index (χ3n) is 5.15. The topological polar surface area (TPSA) is 98.2 Å². The van der Waals surface area contributed by atoms with Gasteiger partial charge in [0.1, 0.15) is 5.75 Å². The number of nitrogens with zero attached hydrogens (tertiary/aromatic N) is 1. The maximum atomic E-state index is 12.6. The lowest BCUT2D eigenvalue weighted by molar-refractivity contribution is -0.118. The van der Waals surface area contributed by atoms with Gasteiger partial charge >= 0.3 is 0 Å². The van der Waals surface area contributed by atoms with Crippen molar-refractivity contribution in [1.29, 1.82) is 0 Å². The Hall–Kier alpha value is -4.24. The first-order valence-corrected chi connectivity index (χ1v) is 11.9. The van der Waals surface area contributed by atoms with E-state index in [1.165, 1.54) is 18.9 Å². The number of ether oxygens (including phenoxy) is 3. The van der Waals surface area contributed by atoms with Gasteiger partial charge in [-0.05, 0) is 67.2 Å². The lowest BCUT2D eigenvalue weighted by atomic mass is 10.1. The SMILES string of the molecule is COc1ccc(N=C2NC(=O)/C(=C\c3cccc(OC)c3OCC(=O)Nc3ccc(C)cc3)S2)cc1. The minimum atomic E-state index is -0.315. The van der Waals surface area contributed by atoms with Crippen LogP contribution in [-0.4, -0.2) is 37.8 Å². The van der Waals surface area contributed by atoms with Gasteiger partial charge in [-0.25, -0.2) is 4.99 Å². The number of amidine groups is 1. The minimum absolute atomic E-state index is 0.228. The monoisotopic (exact) mass is 503 g/mol. The molecule has 0 atom stereocenters. The van der Waals surface area contributed by atoms with E-state index in [0.717, 1.165) is 11.3 Å². The van der Waals surface area contributed by atoms with Crippen LogP contribution in [0.3, 0.4) is 0 Å². The standard InChI is InChI=1S/C27H25N3O5S/c1-17-7-9-19(10-8-17)28-24(31)16-35-25-18(5-4-6-22(25)34-3)15-23-26(32)30-27(36-23)29-20-11-13-21(33-2)14-12-20/h4-15H,16H2,1-3H3,(H,28,31)(H,29,30,32)/b23-15+. The van der Waals surface area contributed by atoms with Crippen molar-refractivity contribution in [3.05, 3.63) is 82.8 Å². The number of benzene rings is 3. The Morgan fingerprint density at radius 1 is 1.03 bits per heavy atom. The second-order valence-corrected chi connectivity index (χ2v) is 8.79. The molecule has 36 heavy (non-hydrogen) atoms. The average Bonchev–Trinajstić information content (AvgIpc) is 3.23. The van der Waals surface area contributed by atoms with Crippen LogP contribution >= 0.6 is 11.8 Å². The summed E-state index contributed by atoms with van der Waals surface area (Å²) in [5, 5.41) is 6.03. The maximum Gasteiger partial charge on any atom is 0.264 e. The Labute approximate surface area is 213 Å². The molecule has 4 rings (SSSR count). The number of rotatable bonds is 8. The van der Waals surface area contributed by atoms with Gasteiger partial charge in [0.05, 0.1) is 24.8 Å². The van der Waals surface area contributed by atoms with E-state index < -0.39 is 0 Å². The first-order chi connectivity index (χ1) is 17.4. The summed E-state index contributed by atoms with van der Waals surface area (Å²) in [5.41, 5.74) is 3.06. The number of carbonyl (C=O) groups is 2. The van der Waals surface area contributed by atoms with Gasteiger partial charge in [-0.2, -0.15) is 0 Å². The van der Waals surface area contributed by atoms with Crippen molar-refractivity contribution < 1.29 is 23.8 Å². The molecule has 1 fully saturated rings. The first-order valence-electron chi connectivity index (χ1n) is 11.0. The summed E-state index contributed by atoms with van der Waals surface area (Å²) in [4.78, 5) is 30.0. The van der Waals surface area contributed by atoms with E-state index in [1.54, 1.807) is 55.7 Å². The van der Waals surface area contributed by atoms with Crippen LogP contribution in [0.2, 0.25) is 0 Å². The molecule has 1 saturated heterocycles. The largest absolute Gasteiger partial charge is 0.497 e. The second-order valence-electron chi connectivity index (χ2n) is 7.76. The van der Waals surface area contributed by atoms with E-state index in [0.29, 0.717) is 38.5 Å². The highest BCUT2D eigenvalue weighted by atomic mass is 32.2. The van der Waals surface area contributed by atoms with Crippen LogP contribution in [0.15, 0.2) is 76.6 Å². The molecule has 2 N–H and O–H groups in total. The number of amides is 2. The maximum absolute atomic E-state index is 12.6. The van der Waals surface area contributed by atoms with Crippen LogP contribution in [0.5, 0.6) is 17.2 Å². The summed E-state index contributed by atoms with van der Waals surface area (Å²) in [6, 6.07) is 20.0. The Bertz CT molecular complexity index is 1320. The fourth-order valence-electron chi connectivity index (χ4n) is 3.33. The van der Waals surface area contributed by atoms with Gasteiger partial charge < -0.3 is 24.8 Å². The third kappa shape index (κ3) is 6.25. The average molecular weight is 504 g/mol. The molecular weight excluding hydrogens is 478 g/mol. The van der Waals surface area contributed by atoms with E-state index in [2.05, 4.69) is 15.6 Å². The number of hydrogen-bond donors (Lipinski definition) is 2. The third-order valence-corrected chi connectivity index (χ3v) is 6.06. The number of thioether (sulfide) groups is 1. The van der Waals surface area contributed by atoms with Crippen LogP contribution in [0.25, 0.3) is 6.08 Å². The van der Waals surface area contributed by atoms with E-state index >= 15 is 0 Å². The highest BCUT2D eigenvalue weighted by molar-refractivity contribution is 8.18. The Balaban J connectivity index is 1.50. The molecule has 0 spiro atoms. The van der Waals surface area contributed by atoms with Crippen molar-refractivity contribution in [2.75, 3.05) is 26.1 Å². The van der Waals surface area contributed by atoms with Gasteiger partial charge in [-0.1, -0.05) is 29.8 Å². The second kappa shape index (κ2) is 11.5. The molecule has 8 nitrogen and oxygen atoms in total. The van der Waals surface area contributed by atoms with Gasteiger partial charge in [0.2, 0.25) is 0 Å². The molecule has 1 aliphatic heterocycles. The van der Waals surface area contributed by atoms with E-state index in [4.69, 9.17) is 14.2 Å². The molecule has 0 unspecified atom stereocenters. The van der Waals surface area contributed by atoms with E-state index in [9.17, 15) is 9.59 Å². The molecule has 0 bridgehead atoms. The van der Waals surface area contributed by atoms with Gasteiger partial charge in [-0.15, -0.1) is 0 Å². The zero-order chi connectivity index (χ0) is 25.5. The number of para-hydroxylation sites is 1. The zero-order valence-corrected chi connectivity index (χ0v) is 20.8. The van der Waals surface area contributed by atoms with E-state index in [1.807, 2.05) is 31.2 Å². The lowest BCUT2D eigenvalue weighted by Crippen LogP contribution is -2.20. The lowest BCUT2D eigenvalue weighted by Gasteiger charge is -2.13. The number of hydrogen-bond acceptors (Lipinski definition) is 7. The smallest absolute Gasteiger partial charge is 0.264 e. The molecule has 1 aliphatic rings. The molecular formula is C27H25N3O5S. The number of anilines is 1. The number of aryl methyl sites for hydroxylation is 1.